The lowest BCUT2D eigenvalue weighted by Gasteiger charge is -2.25. The highest BCUT2D eigenvalue weighted by atomic mass is 79.9. The van der Waals surface area contributed by atoms with E-state index in [-0.39, 0.29) is 10.0 Å². The average Bonchev–Trinajstić information content (AvgIpc) is 2.12. The highest BCUT2D eigenvalue weighted by molar-refractivity contribution is 9.10. The molecule has 0 bridgehead atoms. The number of carboxylic acid groups (broad SMARTS) is 1. The molecule has 2 N–H and O–H groups in total. The molecule has 0 atom stereocenters. The molecule has 0 heterocycles. The van der Waals surface area contributed by atoms with Crippen LogP contribution in [0.1, 0.15) is 25.8 Å². The van der Waals surface area contributed by atoms with Gasteiger partial charge in [-0.2, -0.15) is 0 Å². The van der Waals surface area contributed by atoms with Gasteiger partial charge in [-0.15, -0.1) is 0 Å². The molecule has 1 rings (SSSR count). The first kappa shape index (κ1) is 13.9. The second kappa shape index (κ2) is 4.60. The van der Waals surface area contributed by atoms with E-state index in [4.69, 9.17) is 5.11 Å². The van der Waals surface area contributed by atoms with E-state index in [1.807, 2.05) is 0 Å². The molecule has 1 aromatic carbocycles. The van der Waals surface area contributed by atoms with Gasteiger partial charge in [-0.1, -0.05) is 13.8 Å². The molecule has 0 unspecified atom stereocenters. The molecule has 6 heteroatoms. The summed E-state index contributed by atoms with van der Waals surface area (Å²) in [6.07, 6.45) is -0.423. The van der Waals surface area contributed by atoms with Crippen molar-refractivity contribution in [2.24, 2.45) is 0 Å². The van der Waals surface area contributed by atoms with E-state index in [0.717, 1.165) is 6.07 Å². The van der Waals surface area contributed by atoms with Gasteiger partial charge in [-0.05, 0) is 22.0 Å². The Hall–Kier alpha value is -1.17. The van der Waals surface area contributed by atoms with Crippen LogP contribution in [0.3, 0.4) is 0 Å². The van der Waals surface area contributed by atoms with Crippen molar-refractivity contribution in [1.82, 2.24) is 0 Å². The Morgan fingerprint density at radius 1 is 1.47 bits per heavy atom. The fraction of sp³-hybridized carbons (Fsp3) is 0.364. The van der Waals surface area contributed by atoms with Gasteiger partial charge in [-0.25, -0.2) is 8.78 Å². The molecule has 0 amide bonds. The second-order valence-electron chi connectivity index (χ2n) is 4.33. The van der Waals surface area contributed by atoms with Crippen molar-refractivity contribution in [3.8, 4) is 5.75 Å². The quantitative estimate of drug-likeness (QED) is 0.843. The molecule has 0 saturated carbocycles. The fourth-order valence-corrected chi connectivity index (χ4v) is 2.07. The van der Waals surface area contributed by atoms with Crippen LogP contribution in [0.4, 0.5) is 8.78 Å². The molecule has 0 radical (unpaired) electrons. The van der Waals surface area contributed by atoms with Gasteiger partial charge in [0.1, 0.15) is 5.75 Å². The second-order valence-corrected chi connectivity index (χ2v) is 5.19. The summed E-state index contributed by atoms with van der Waals surface area (Å²) in [4.78, 5) is 10.7. The number of hydrogen-bond donors (Lipinski definition) is 2. The van der Waals surface area contributed by atoms with Crippen molar-refractivity contribution in [1.29, 1.82) is 0 Å². The number of halogens is 3. The van der Waals surface area contributed by atoms with Crippen molar-refractivity contribution in [3.63, 3.8) is 0 Å². The molecule has 1 aromatic rings. The average molecular weight is 309 g/mol. The minimum Gasteiger partial charge on any atom is -0.506 e. The van der Waals surface area contributed by atoms with Crippen LogP contribution < -0.4 is 0 Å². The minimum atomic E-state index is -1.23. The zero-order chi connectivity index (χ0) is 13.4. The third kappa shape index (κ3) is 2.74. The maximum absolute atomic E-state index is 13.6. The van der Waals surface area contributed by atoms with Gasteiger partial charge in [-0.3, -0.25) is 4.79 Å². The summed E-state index contributed by atoms with van der Waals surface area (Å²) in [5.74, 6) is -4.00. The molecule has 0 aliphatic rings. The molecule has 3 nitrogen and oxygen atoms in total. The van der Waals surface area contributed by atoms with Crippen LogP contribution in [0.2, 0.25) is 0 Å². The lowest BCUT2D eigenvalue weighted by atomic mass is 9.80. The van der Waals surface area contributed by atoms with Crippen LogP contribution in [0, 0.1) is 11.6 Å². The summed E-state index contributed by atoms with van der Waals surface area (Å²) in [5.41, 5.74) is -1.56. The number of aromatic hydroxyl groups is 1. The molecule has 94 valence electrons. The molecule has 0 aromatic heterocycles. The first-order valence-corrected chi connectivity index (χ1v) is 5.55. The third-order valence-corrected chi connectivity index (χ3v) is 3.02. The summed E-state index contributed by atoms with van der Waals surface area (Å²) in [5, 5.41) is 18.4. The number of phenols is 1. The van der Waals surface area contributed by atoms with E-state index >= 15 is 0 Å². The number of carbonyl (C=O) groups is 1. The summed E-state index contributed by atoms with van der Waals surface area (Å²) in [6.45, 7) is 2.84. The molecule has 0 aliphatic carbocycles. The van der Waals surface area contributed by atoms with Crippen LogP contribution in [-0.2, 0) is 10.2 Å². The van der Waals surface area contributed by atoms with Crippen molar-refractivity contribution in [2.45, 2.75) is 25.7 Å². The van der Waals surface area contributed by atoms with Crippen molar-refractivity contribution in [3.05, 3.63) is 27.7 Å². The number of carboxylic acids is 1. The predicted octanol–water partition coefficient (Wildman–Crippen LogP) is 3.19. The Morgan fingerprint density at radius 3 is 2.47 bits per heavy atom. The SMILES string of the molecule is CC(C)(CC(=O)O)c1c(O)c(Br)cc(F)c1F. The van der Waals surface area contributed by atoms with Gasteiger partial charge in [0.25, 0.3) is 0 Å². The zero-order valence-electron chi connectivity index (χ0n) is 9.22. The normalized spacial score (nSPS) is 11.6. The summed E-state index contributed by atoms with van der Waals surface area (Å²) >= 11 is 2.89. The monoisotopic (exact) mass is 308 g/mol. The first-order chi connectivity index (χ1) is 7.66. The summed E-state index contributed by atoms with van der Waals surface area (Å²) < 4.78 is 26.9. The highest BCUT2D eigenvalue weighted by Gasteiger charge is 2.33. The van der Waals surface area contributed by atoms with E-state index in [0.29, 0.717) is 0 Å². The topological polar surface area (TPSA) is 57.5 Å². The van der Waals surface area contributed by atoms with E-state index in [1.165, 1.54) is 13.8 Å². The summed E-state index contributed by atoms with van der Waals surface area (Å²) in [7, 11) is 0. The Morgan fingerprint density at radius 2 is 2.00 bits per heavy atom. The molecular weight excluding hydrogens is 298 g/mol. The van der Waals surface area contributed by atoms with E-state index < -0.39 is 35.2 Å². The maximum atomic E-state index is 13.6. The van der Waals surface area contributed by atoms with Crippen LogP contribution >= 0.6 is 15.9 Å². The Balaban J connectivity index is 3.44. The van der Waals surface area contributed by atoms with Gasteiger partial charge in [0.15, 0.2) is 11.6 Å². The standard InChI is InChI=1S/C11H11BrF2O3/c1-11(2,4-7(15)16)8-9(14)6(13)3-5(12)10(8)17/h3,17H,4H2,1-2H3,(H,15,16). The molecule has 0 saturated heterocycles. The van der Waals surface area contributed by atoms with Crippen LogP contribution in [0.25, 0.3) is 0 Å². The van der Waals surface area contributed by atoms with E-state index in [1.54, 1.807) is 0 Å². The Labute approximate surface area is 105 Å². The molecule has 0 spiro atoms. The smallest absolute Gasteiger partial charge is 0.304 e. The van der Waals surface area contributed by atoms with Gasteiger partial charge in [0, 0.05) is 11.0 Å². The molecular formula is C11H11BrF2O3. The lowest BCUT2D eigenvalue weighted by Crippen LogP contribution is -2.24. The minimum absolute atomic E-state index is 0.00939. The van der Waals surface area contributed by atoms with Crippen molar-refractivity contribution < 1.29 is 23.8 Å². The predicted molar refractivity (Wildman–Crippen MR) is 61.0 cm³/mol. The Bertz CT molecular complexity index is 446. The number of phenolic OH excluding ortho intramolecular Hbond substituents is 1. The Kier molecular flexibility index (Phi) is 3.76. The molecule has 0 aliphatic heterocycles. The third-order valence-electron chi connectivity index (χ3n) is 2.42. The first-order valence-electron chi connectivity index (χ1n) is 4.75. The number of benzene rings is 1. The van der Waals surface area contributed by atoms with Gasteiger partial charge < -0.3 is 10.2 Å². The molecule has 17 heavy (non-hydrogen) atoms. The van der Waals surface area contributed by atoms with Crippen LogP contribution in [-0.4, -0.2) is 16.2 Å². The van der Waals surface area contributed by atoms with Gasteiger partial charge in [0.2, 0.25) is 0 Å². The van der Waals surface area contributed by atoms with Crippen LogP contribution in [0.5, 0.6) is 5.75 Å². The summed E-state index contributed by atoms with van der Waals surface area (Å²) in [6, 6.07) is 0.797. The zero-order valence-corrected chi connectivity index (χ0v) is 10.8. The van der Waals surface area contributed by atoms with E-state index in [9.17, 15) is 18.7 Å². The maximum Gasteiger partial charge on any atom is 0.304 e. The number of hydrogen-bond acceptors (Lipinski definition) is 2. The van der Waals surface area contributed by atoms with Crippen molar-refractivity contribution >= 4 is 21.9 Å². The van der Waals surface area contributed by atoms with E-state index in [2.05, 4.69) is 15.9 Å². The number of rotatable bonds is 3. The molecule has 0 fully saturated rings. The fourth-order valence-electron chi connectivity index (χ4n) is 1.67. The van der Waals surface area contributed by atoms with Crippen LogP contribution in [0.15, 0.2) is 10.5 Å². The largest absolute Gasteiger partial charge is 0.506 e. The lowest BCUT2D eigenvalue weighted by molar-refractivity contribution is -0.138. The highest BCUT2D eigenvalue weighted by Crippen LogP contribution is 2.40. The van der Waals surface area contributed by atoms with Gasteiger partial charge >= 0.3 is 5.97 Å². The number of aliphatic carboxylic acids is 1. The van der Waals surface area contributed by atoms with Crippen molar-refractivity contribution in [2.75, 3.05) is 0 Å². The van der Waals surface area contributed by atoms with Gasteiger partial charge in [0.05, 0.1) is 10.9 Å².